The molecule has 0 atom stereocenters. The normalized spacial score (nSPS) is 6.81. The van der Waals surface area contributed by atoms with Gasteiger partial charge in [-0.25, -0.2) is 4.84 Å². The van der Waals surface area contributed by atoms with E-state index in [4.69, 9.17) is 5.11 Å². The second-order valence-corrected chi connectivity index (χ2v) is 1.73. The Morgan fingerprint density at radius 3 is 2.50 bits per heavy atom. The van der Waals surface area contributed by atoms with Gasteiger partial charge in [-0.2, -0.15) is 0 Å². The van der Waals surface area contributed by atoms with E-state index in [2.05, 4.69) is 44.3 Å². The summed E-state index contributed by atoms with van der Waals surface area (Å²) in [6.07, 6.45) is 0.246. The molecule has 0 fully saturated rings. The highest BCUT2D eigenvalue weighted by molar-refractivity contribution is 7.78. The summed E-state index contributed by atoms with van der Waals surface area (Å²) in [5, 5.41) is 18.4. The maximum absolute atomic E-state index is 9.79. The zero-order valence-corrected chi connectivity index (χ0v) is 9.23. The maximum atomic E-state index is 9.79. The molecule has 0 spiro atoms. The van der Waals surface area contributed by atoms with Crippen molar-refractivity contribution in [1.29, 1.82) is 0 Å². The highest BCUT2D eigenvalue weighted by atomic mass is 32.1. The van der Waals surface area contributed by atoms with Crippen LogP contribution >= 0.6 is 24.4 Å². The molecule has 0 saturated heterocycles. The molecule has 9 nitrogen and oxygen atoms in total. The summed E-state index contributed by atoms with van der Waals surface area (Å²) >= 11 is 8.22. The van der Waals surface area contributed by atoms with Crippen molar-refractivity contribution in [2.24, 2.45) is 10.2 Å². The lowest BCUT2D eigenvalue weighted by Crippen LogP contribution is -2.15. The molecule has 0 rings (SSSR count). The predicted octanol–water partition coefficient (Wildman–Crippen LogP) is -0.974. The van der Waals surface area contributed by atoms with Crippen LogP contribution in [0.25, 0.3) is 0 Å². The molecular weight excluding hydrogens is 260 g/mol. The highest BCUT2D eigenvalue weighted by Gasteiger charge is 1.92. The van der Waals surface area contributed by atoms with Crippen molar-refractivity contribution in [3.8, 4) is 0 Å². The molecule has 0 heterocycles. The number of hydrazone groups is 2. The molecule has 0 aromatic rings. The van der Waals surface area contributed by atoms with Crippen LogP contribution in [-0.2, 0) is 19.3 Å². The molecule has 0 saturated carbocycles. The van der Waals surface area contributed by atoms with Crippen LogP contribution < -0.4 is 5.59 Å². The SMILES string of the molecule is O=CN(N=C=S)OCO.O=CONN=C=S. The van der Waals surface area contributed by atoms with Gasteiger partial charge in [-0.05, 0) is 24.4 Å². The molecule has 0 aliphatic rings. The minimum atomic E-state index is -0.626. The lowest BCUT2D eigenvalue weighted by atomic mass is 11.3. The smallest absolute Gasteiger partial charge is 0.322 e. The number of nitrogens with one attached hydrogen (secondary N) is 1. The average Bonchev–Trinajstić information content (AvgIpc) is 2.30. The Kier molecular flexibility index (Phi) is 16.4. The number of isothiocyanates is 2. The van der Waals surface area contributed by atoms with Crippen molar-refractivity contribution < 1.29 is 24.4 Å². The van der Waals surface area contributed by atoms with E-state index in [9.17, 15) is 9.59 Å². The Morgan fingerprint density at radius 2 is 2.12 bits per heavy atom. The van der Waals surface area contributed by atoms with E-state index in [0.717, 1.165) is 0 Å². The van der Waals surface area contributed by atoms with Crippen LogP contribution in [0.2, 0.25) is 0 Å². The maximum Gasteiger partial charge on any atom is 0.322 e. The first-order valence-corrected chi connectivity index (χ1v) is 4.05. The fourth-order valence-corrected chi connectivity index (χ4v) is 0.367. The van der Waals surface area contributed by atoms with Gasteiger partial charge in [0, 0.05) is 0 Å². The van der Waals surface area contributed by atoms with Gasteiger partial charge in [-0.1, -0.05) is 15.4 Å². The zero-order chi connectivity index (χ0) is 12.6. The number of nitrogens with zero attached hydrogens (tertiary/aromatic N) is 3. The lowest BCUT2D eigenvalue weighted by molar-refractivity contribution is -0.201. The molecule has 0 aromatic heterocycles. The number of hydroxylamine groups is 1. The number of carbonyl (C=O) groups excluding carboxylic acids is 2. The molecule has 2 N–H and O–H groups in total. The van der Waals surface area contributed by atoms with Crippen LogP contribution in [0.3, 0.4) is 0 Å². The molecule has 0 unspecified atom stereocenters. The van der Waals surface area contributed by atoms with E-state index < -0.39 is 6.79 Å². The predicted molar refractivity (Wildman–Crippen MR) is 56.4 cm³/mol. The van der Waals surface area contributed by atoms with E-state index in [0.29, 0.717) is 5.17 Å². The van der Waals surface area contributed by atoms with Crippen LogP contribution in [0.15, 0.2) is 10.2 Å². The fraction of sp³-hybridized carbons (Fsp3) is 0.200. The molecule has 1 amide bonds. The van der Waals surface area contributed by atoms with Gasteiger partial charge in [-0.3, -0.25) is 9.59 Å². The summed E-state index contributed by atoms with van der Waals surface area (Å²) in [6.45, 7) is -0.435. The van der Waals surface area contributed by atoms with Gasteiger partial charge in [0.15, 0.2) is 6.79 Å². The van der Waals surface area contributed by atoms with Crippen LogP contribution in [0.5, 0.6) is 0 Å². The molecule has 11 heteroatoms. The van der Waals surface area contributed by atoms with Crippen molar-refractivity contribution in [3.05, 3.63) is 0 Å². The minimum absolute atomic E-state index is 0.191. The number of rotatable bonds is 7. The summed E-state index contributed by atoms with van der Waals surface area (Å²) in [5.41, 5.74) is 1.83. The van der Waals surface area contributed by atoms with Crippen molar-refractivity contribution in [3.63, 3.8) is 0 Å². The number of hydrogen-bond donors (Lipinski definition) is 2. The number of aliphatic hydroxyl groups is 1. The van der Waals surface area contributed by atoms with Crippen LogP contribution in [0.1, 0.15) is 0 Å². The monoisotopic (exact) mass is 266 g/mol. The van der Waals surface area contributed by atoms with Gasteiger partial charge in [0.1, 0.15) is 0 Å². The summed E-state index contributed by atoms with van der Waals surface area (Å²) in [7, 11) is 0. The lowest BCUT2D eigenvalue weighted by Gasteiger charge is -2.03. The minimum Gasteiger partial charge on any atom is -0.368 e. The van der Waals surface area contributed by atoms with E-state index in [1.807, 2.05) is 15.9 Å². The van der Waals surface area contributed by atoms with Gasteiger partial charge in [0.2, 0.25) is 0 Å². The third kappa shape index (κ3) is 14.8. The summed E-state index contributed by atoms with van der Waals surface area (Å²) in [5.74, 6) is 0. The topological polar surface area (TPSA) is 113 Å². The molecule has 0 radical (unpaired) electrons. The summed E-state index contributed by atoms with van der Waals surface area (Å²) in [6, 6.07) is 0. The Bertz CT molecular complexity index is 289. The van der Waals surface area contributed by atoms with E-state index in [1.165, 1.54) is 0 Å². The largest absolute Gasteiger partial charge is 0.368 e. The van der Waals surface area contributed by atoms with E-state index in [1.54, 1.807) is 0 Å². The zero-order valence-electron chi connectivity index (χ0n) is 7.60. The number of thiocarbonyl (C=S) groups is 2. The Labute approximate surface area is 100 Å². The number of carbonyl (C=O) groups is 2. The molecule has 88 valence electrons. The number of amides is 1. The van der Waals surface area contributed by atoms with Gasteiger partial charge in [-0.15, -0.1) is 5.59 Å². The Hall–Kier alpha value is -1.74. The molecule has 0 aromatic carbocycles. The second kappa shape index (κ2) is 15.7. The average molecular weight is 266 g/mol. The number of aliphatic hydroxyl groups excluding tert-OH is 1. The molecule has 0 aliphatic heterocycles. The van der Waals surface area contributed by atoms with Crippen molar-refractivity contribution >= 4 is 47.6 Å². The van der Waals surface area contributed by atoms with Crippen LogP contribution in [0, 0.1) is 0 Å². The first-order valence-electron chi connectivity index (χ1n) is 3.24. The number of hydrogen-bond acceptors (Lipinski definition) is 10. The standard InChI is InChI=1S/C3H4N2O3S.C2H2N2O2S/c6-2-5(4-1-9)8-3-7;5-2-6-4-3-1-7/h2,7H,3H2;2,4H. The van der Waals surface area contributed by atoms with Crippen molar-refractivity contribution in [2.45, 2.75) is 0 Å². The third-order valence-electron chi connectivity index (χ3n) is 0.612. The Balaban J connectivity index is 0. The van der Waals surface area contributed by atoms with Gasteiger partial charge in [0.05, 0.1) is 10.3 Å². The first-order chi connectivity index (χ1) is 7.76. The van der Waals surface area contributed by atoms with Gasteiger partial charge in [0.25, 0.3) is 6.41 Å². The summed E-state index contributed by atoms with van der Waals surface area (Å²) in [4.78, 5) is 27.1. The van der Waals surface area contributed by atoms with Crippen LogP contribution in [-0.4, -0.2) is 40.3 Å². The molecule has 0 aliphatic carbocycles. The highest BCUT2D eigenvalue weighted by Crippen LogP contribution is 1.81. The van der Waals surface area contributed by atoms with Crippen molar-refractivity contribution in [2.75, 3.05) is 6.79 Å². The van der Waals surface area contributed by atoms with E-state index in [-0.39, 0.29) is 12.9 Å². The fourth-order valence-electron chi connectivity index (χ4n) is 0.249. The second-order valence-electron chi connectivity index (χ2n) is 1.37. The van der Waals surface area contributed by atoms with Crippen molar-refractivity contribution in [1.82, 2.24) is 10.8 Å². The van der Waals surface area contributed by atoms with Crippen LogP contribution in [0.4, 0.5) is 0 Å². The molecule has 16 heavy (non-hydrogen) atoms. The Morgan fingerprint density at radius 1 is 1.44 bits per heavy atom. The molecule has 0 bridgehead atoms. The van der Waals surface area contributed by atoms with Gasteiger partial charge < -0.3 is 9.94 Å². The quantitative estimate of drug-likeness (QED) is 0.151. The first kappa shape index (κ1) is 16.7. The third-order valence-corrected chi connectivity index (χ3v) is 0.785. The van der Waals surface area contributed by atoms with E-state index >= 15 is 0 Å². The molecular formula is C5H6N4O5S2. The summed E-state index contributed by atoms with van der Waals surface area (Å²) < 4.78 is 0. The van der Waals surface area contributed by atoms with Gasteiger partial charge >= 0.3 is 6.47 Å².